The topological polar surface area (TPSA) is 77.8 Å². The molecule has 0 unspecified atom stereocenters. The average molecular weight is 262 g/mol. The third kappa shape index (κ3) is 1.75. The minimum atomic E-state index is -1.61. The molecule has 1 atom stereocenters. The third-order valence-electron chi connectivity index (χ3n) is 3.86. The predicted octanol–water partition coefficient (Wildman–Crippen LogP) is 2.39. The number of phenols is 2. The molecular weight excluding hydrogens is 244 g/mol. The van der Waals surface area contributed by atoms with Gasteiger partial charge in [0.05, 0.1) is 5.56 Å². The molecule has 102 valence electrons. The van der Waals surface area contributed by atoms with E-state index in [2.05, 4.69) is 0 Å². The van der Waals surface area contributed by atoms with Gasteiger partial charge < -0.3 is 15.3 Å². The van der Waals surface area contributed by atoms with E-state index >= 15 is 0 Å². The lowest BCUT2D eigenvalue weighted by molar-refractivity contribution is 0.0327. The van der Waals surface area contributed by atoms with Crippen LogP contribution >= 0.6 is 0 Å². The molecule has 2 rings (SSSR count). The Morgan fingerprint density at radius 2 is 1.79 bits per heavy atom. The molecule has 0 aromatic heterocycles. The number of ketones is 1. The molecular formula is C15H18O4. The lowest BCUT2D eigenvalue weighted by atomic mass is 9.74. The second kappa shape index (κ2) is 4.10. The van der Waals surface area contributed by atoms with Crippen LogP contribution in [-0.4, -0.2) is 26.7 Å². The summed E-state index contributed by atoms with van der Waals surface area (Å²) in [4.78, 5) is 12.5. The van der Waals surface area contributed by atoms with Crippen LogP contribution in [0.5, 0.6) is 11.5 Å². The Kier molecular flexibility index (Phi) is 2.94. The Hall–Kier alpha value is -1.81. The zero-order valence-electron chi connectivity index (χ0n) is 11.5. The molecule has 0 saturated carbocycles. The van der Waals surface area contributed by atoms with E-state index in [1.807, 2.05) is 0 Å². The average Bonchev–Trinajstić information content (AvgIpc) is 2.32. The fraction of sp³-hybridized carbons (Fsp3) is 0.400. The Morgan fingerprint density at radius 1 is 1.21 bits per heavy atom. The molecule has 0 amide bonds. The van der Waals surface area contributed by atoms with E-state index in [1.165, 1.54) is 19.1 Å². The van der Waals surface area contributed by atoms with Crippen LogP contribution in [-0.2, 0) is 0 Å². The van der Waals surface area contributed by atoms with Gasteiger partial charge in [0.15, 0.2) is 0 Å². The molecule has 4 nitrogen and oxygen atoms in total. The first-order valence-corrected chi connectivity index (χ1v) is 6.22. The van der Waals surface area contributed by atoms with Gasteiger partial charge in [-0.15, -0.1) is 0 Å². The summed E-state index contributed by atoms with van der Waals surface area (Å²) >= 11 is 0. The molecule has 0 bridgehead atoms. The van der Waals surface area contributed by atoms with Gasteiger partial charge in [0.25, 0.3) is 0 Å². The standard InChI is InChI=1S/C15H18O4/c1-7(2)15(19)6-8(3)10-5-11(16)9(4)13(17)12(10)14(15)18/h5-7,16-17,19H,1-4H3/t15-/m1/s1. The molecule has 1 aromatic carbocycles. The fourth-order valence-corrected chi connectivity index (χ4v) is 2.40. The van der Waals surface area contributed by atoms with Crippen molar-refractivity contribution >= 4 is 11.4 Å². The van der Waals surface area contributed by atoms with E-state index in [9.17, 15) is 20.1 Å². The van der Waals surface area contributed by atoms with Gasteiger partial charge >= 0.3 is 0 Å². The number of phenolic OH excluding ortho intramolecular Hbond substituents is 2. The molecule has 1 aliphatic carbocycles. The lowest BCUT2D eigenvalue weighted by Crippen LogP contribution is -2.44. The molecule has 19 heavy (non-hydrogen) atoms. The SMILES string of the molecule is CC1=C[C@@](O)(C(C)C)C(=O)c2c1cc(O)c(C)c2O. The number of allylic oxidation sites excluding steroid dienone is 1. The highest BCUT2D eigenvalue weighted by atomic mass is 16.3. The van der Waals surface area contributed by atoms with Crippen molar-refractivity contribution in [1.29, 1.82) is 0 Å². The molecule has 0 aliphatic heterocycles. The number of carbonyl (C=O) groups excluding carboxylic acids is 1. The predicted molar refractivity (Wildman–Crippen MR) is 72.3 cm³/mol. The van der Waals surface area contributed by atoms with Crippen molar-refractivity contribution in [3.63, 3.8) is 0 Å². The van der Waals surface area contributed by atoms with Crippen LogP contribution in [0.3, 0.4) is 0 Å². The maximum atomic E-state index is 12.5. The summed E-state index contributed by atoms with van der Waals surface area (Å²) in [6, 6.07) is 1.45. The van der Waals surface area contributed by atoms with Gasteiger partial charge in [-0.3, -0.25) is 4.79 Å². The summed E-state index contributed by atoms with van der Waals surface area (Å²) in [6.07, 6.45) is 1.50. The van der Waals surface area contributed by atoms with Crippen LogP contribution in [0.4, 0.5) is 0 Å². The highest BCUT2D eigenvalue weighted by Gasteiger charge is 2.43. The monoisotopic (exact) mass is 262 g/mol. The number of hydrogen-bond acceptors (Lipinski definition) is 4. The molecule has 1 aromatic rings. The Bertz CT molecular complexity index is 599. The van der Waals surface area contributed by atoms with Crippen LogP contribution in [0.15, 0.2) is 12.1 Å². The number of aliphatic hydroxyl groups is 1. The molecule has 0 fully saturated rings. The van der Waals surface area contributed by atoms with Gasteiger partial charge in [-0.2, -0.15) is 0 Å². The van der Waals surface area contributed by atoms with Crippen molar-refractivity contribution in [3.05, 3.63) is 28.8 Å². The summed E-state index contributed by atoms with van der Waals surface area (Å²) in [5, 5.41) is 30.4. The van der Waals surface area contributed by atoms with Crippen molar-refractivity contribution < 1.29 is 20.1 Å². The van der Waals surface area contributed by atoms with E-state index in [-0.39, 0.29) is 28.5 Å². The first-order valence-electron chi connectivity index (χ1n) is 6.22. The van der Waals surface area contributed by atoms with Gasteiger partial charge in [0.2, 0.25) is 5.78 Å². The maximum Gasteiger partial charge on any atom is 0.202 e. The van der Waals surface area contributed by atoms with Crippen LogP contribution in [0.1, 0.15) is 42.3 Å². The molecule has 3 N–H and O–H groups in total. The smallest absolute Gasteiger partial charge is 0.202 e. The molecule has 0 saturated heterocycles. The Balaban J connectivity index is 2.80. The largest absolute Gasteiger partial charge is 0.508 e. The molecule has 0 spiro atoms. The lowest BCUT2D eigenvalue weighted by Gasteiger charge is -2.33. The van der Waals surface area contributed by atoms with Crippen molar-refractivity contribution in [2.75, 3.05) is 0 Å². The van der Waals surface area contributed by atoms with E-state index < -0.39 is 11.4 Å². The quantitative estimate of drug-likeness (QED) is 0.726. The second-order valence-corrected chi connectivity index (χ2v) is 5.43. The van der Waals surface area contributed by atoms with Crippen LogP contribution < -0.4 is 0 Å². The van der Waals surface area contributed by atoms with E-state index in [4.69, 9.17) is 0 Å². The summed E-state index contributed by atoms with van der Waals surface area (Å²) in [5.74, 6) is -1.15. The summed E-state index contributed by atoms with van der Waals surface area (Å²) < 4.78 is 0. The summed E-state index contributed by atoms with van der Waals surface area (Å²) in [5.41, 5.74) is -0.149. The van der Waals surface area contributed by atoms with Crippen molar-refractivity contribution in [3.8, 4) is 11.5 Å². The number of Topliss-reactive ketones (excluding diaryl/α,β-unsaturated/α-hetero) is 1. The first kappa shape index (κ1) is 13.6. The molecule has 4 heteroatoms. The number of hydrogen-bond donors (Lipinski definition) is 3. The van der Waals surface area contributed by atoms with Crippen LogP contribution in [0, 0.1) is 12.8 Å². The van der Waals surface area contributed by atoms with Gasteiger partial charge in [-0.05, 0) is 43.0 Å². The number of rotatable bonds is 1. The summed E-state index contributed by atoms with van der Waals surface area (Å²) in [6.45, 7) is 6.77. The fourth-order valence-electron chi connectivity index (χ4n) is 2.40. The third-order valence-corrected chi connectivity index (χ3v) is 3.86. The zero-order valence-corrected chi connectivity index (χ0v) is 11.5. The minimum Gasteiger partial charge on any atom is -0.508 e. The highest BCUT2D eigenvalue weighted by molar-refractivity contribution is 6.12. The second-order valence-electron chi connectivity index (χ2n) is 5.43. The number of carbonyl (C=O) groups is 1. The number of fused-ring (bicyclic) bond motifs is 1. The van der Waals surface area contributed by atoms with Gasteiger partial charge in [0.1, 0.15) is 17.1 Å². The van der Waals surface area contributed by atoms with E-state index in [0.717, 1.165) is 0 Å². The van der Waals surface area contributed by atoms with Crippen molar-refractivity contribution in [2.24, 2.45) is 5.92 Å². The number of benzene rings is 1. The Labute approximate surface area is 112 Å². The molecule has 0 heterocycles. The van der Waals surface area contributed by atoms with Crippen molar-refractivity contribution in [1.82, 2.24) is 0 Å². The van der Waals surface area contributed by atoms with Gasteiger partial charge in [-0.25, -0.2) is 0 Å². The van der Waals surface area contributed by atoms with E-state index in [1.54, 1.807) is 20.8 Å². The Morgan fingerprint density at radius 3 is 2.32 bits per heavy atom. The minimum absolute atomic E-state index is 0.0632. The first-order chi connectivity index (χ1) is 8.70. The summed E-state index contributed by atoms with van der Waals surface area (Å²) in [7, 11) is 0. The van der Waals surface area contributed by atoms with Crippen LogP contribution in [0.25, 0.3) is 5.57 Å². The van der Waals surface area contributed by atoms with Crippen molar-refractivity contribution in [2.45, 2.75) is 33.3 Å². The number of aromatic hydroxyl groups is 2. The van der Waals surface area contributed by atoms with Gasteiger partial charge in [0, 0.05) is 5.56 Å². The normalized spacial score (nSPS) is 22.4. The maximum absolute atomic E-state index is 12.5. The highest BCUT2D eigenvalue weighted by Crippen LogP contribution is 2.43. The zero-order chi connectivity index (χ0) is 14.5. The molecule has 1 aliphatic rings. The van der Waals surface area contributed by atoms with Crippen LogP contribution in [0.2, 0.25) is 0 Å². The molecule has 0 radical (unpaired) electrons. The van der Waals surface area contributed by atoms with E-state index in [0.29, 0.717) is 11.1 Å². The van der Waals surface area contributed by atoms with Gasteiger partial charge in [-0.1, -0.05) is 13.8 Å².